The molecule has 0 spiro atoms. The summed E-state index contributed by atoms with van der Waals surface area (Å²) in [4.78, 5) is 3.87. The molecule has 0 aliphatic heterocycles. The lowest BCUT2D eigenvalue weighted by molar-refractivity contribution is 0.200. The van der Waals surface area contributed by atoms with E-state index in [2.05, 4.69) is 4.98 Å². The van der Waals surface area contributed by atoms with Crippen molar-refractivity contribution in [1.82, 2.24) is 9.55 Å². The Labute approximate surface area is 108 Å². The van der Waals surface area contributed by atoms with Gasteiger partial charge in [0.15, 0.2) is 17.5 Å². The van der Waals surface area contributed by atoms with Crippen molar-refractivity contribution in [3.8, 4) is 0 Å². The van der Waals surface area contributed by atoms with Gasteiger partial charge in [0.1, 0.15) is 6.10 Å². The third-order valence-electron chi connectivity index (χ3n) is 2.89. The zero-order valence-electron chi connectivity index (χ0n) is 10.4. The molecular formula is C13H13F3N2O. The molecule has 0 fully saturated rings. The first-order valence-electron chi connectivity index (χ1n) is 5.76. The molecule has 3 nitrogen and oxygen atoms in total. The highest BCUT2D eigenvalue weighted by Gasteiger charge is 2.23. The number of nitrogens with zero attached hydrogens (tertiary/aromatic N) is 2. The van der Waals surface area contributed by atoms with Crippen molar-refractivity contribution in [3.63, 3.8) is 0 Å². The van der Waals surface area contributed by atoms with Gasteiger partial charge in [-0.3, -0.25) is 0 Å². The molecule has 0 radical (unpaired) electrons. The van der Waals surface area contributed by atoms with Gasteiger partial charge in [-0.15, -0.1) is 0 Å². The number of aliphatic hydroxyl groups is 1. The minimum absolute atomic E-state index is 0.000469. The fourth-order valence-corrected chi connectivity index (χ4v) is 1.87. The SMILES string of the molecule is CC(C)n1cncc1C(O)c1ccc(F)c(F)c1F. The Morgan fingerprint density at radius 3 is 2.47 bits per heavy atom. The molecule has 19 heavy (non-hydrogen) atoms. The summed E-state index contributed by atoms with van der Waals surface area (Å²) in [5, 5.41) is 10.1. The van der Waals surface area contributed by atoms with Gasteiger partial charge in [0.05, 0.1) is 18.2 Å². The number of aromatic nitrogens is 2. The van der Waals surface area contributed by atoms with Gasteiger partial charge in [0.2, 0.25) is 0 Å². The van der Waals surface area contributed by atoms with Crippen molar-refractivity contribution in [2.75, 3.05) is 0 Å². The molecule has 0 saturated heterocycles. The van der Waals surface area contributed by atoms with E-state index in [1.807, 2.05) is 13.8 Å². The van der Waals surface area contributed by atoms with Gasteiger partial charge in [-0.1, -0.05) is 0 Å². The molecule has 2 aromatic rings. The standard InChI is InChI=1S/C13H13F3N2O/c1-7(2)18-6-17-5-10(18)13(19)8-3-4-9(14)12(16)11(8)15/h3-7,13,19H,1-2H3. The summed E-state index contributed by atoms with van der Waals surface area (Å²) in [5.41, 5.74) is 0.00112. The summed E-state index contributed by atoms with van der Waals surface area (Å²) in [6.45, 7) is 3.72. The molecule has 1 aromatic carbocycles. The van der Waals surface area contributed by atoms with E-state index >= 15 is 0 Å². The molecule has 6 heteroatoms. The molecule has 0 aliphatic rings. The zero-order valence-corrected chi connectivity index (χ0v) is 10.4. The zero-order chi connectivity index (χ0) is 14.2. The number of imidazole rings is 1. The van der Waals surface area contributed by atoms with Crippen LogP contribution in [0.1, 0.15) is 37.3 Å². The topological polar surface area (TPSA) is 38.0 Å². The minimum Gasteiger partial charge on any atom is -0.382 e. The second-order valence-corrected chi connectivity index (χ2v) is 4.49. The van der Waals surface area contributed by atoms with Crippen LogP contribution < -0.4 is 0 Å². The van der Waals surface area contributed by atoms with E-state index in [0.717, 1.165) is 12.1 Å². The summed E-state index contributed by atoms with van der Waals surface area (Å²) in [6.07, 6.45) is 1.45. The van der Waals surface area contributed by atoms with Crippen LogP contribution in [0.2, 0.25) is 0 Å². The lowest BCUT2D eigenvalue weighted by Crippen LogP contribution is -2.12. The molecule has 1 N–H and O–H groups in total. The molecule has 1 aromatic heterocycles. The van der Waals surface area contributed by atoms with Crippen LogP contribution in [0.4, 0.5) is 13.2 Å². The molecule has 2 rings (SSSR count). The Bertz CT molecular complexity index is 596. The number of hydrogen-bond donors (Lipinski definition) is 1. The van der Waals surface area contributed by atoms with Crippen molar-refractivity contribution < 1.29 is 18.3 Å². The quantitative estimate of drug-likeness (QED) is 0.871. The maximum atomic E-state index is 13.6. The van der Waals surface area contributed by atoms with Gasteiger partial charge in [-0.05, 0) is 26.0 Å². The lowest BCUT2D eigenvalue weighted by Gasteiger charge is -2.17. The van der Waals surface area contributed by atoms with Gasteiger partial charge in [0, 0.05) is 11.6 Å². The highest BCUT2D eigenvalue weighted by molar-refractivity contribution is 5.28. The highest BCUT2D eigenvalue weighted by atomic mass is 19.2. The van der Waals surface area contributed by atoms with Crippen molar-refractivity contribution in [3.05, 3.63) is 53.4 Å². The van der Waals surface area contributed by atoms with Crippen LogP contribution in [-0.4, -0.2) is 14.7 Å². The first kappa shape index (κ1) is 13.6. The molecule has 1 atom stereocenters. The van der Waals surface area contributed by atoms with Crippen LogP contribution in [-0.2, 0) is 0 Å². The minimum atomic E-state index is -1.59. The van der Waals surface area contributed by atoms with Crippen molar-refractivity contribution in [2.24, 2.45) is 0 Å². The van der Waals surface area contributed by atoms with E-state index in [4.69, 9.17) is 0 Å². The van der Waals surface area contributed by atoms with Crippen LogP contribution in [0.25, 0.3) is 0 Å². The van der Waals surface area contributed by atoms with Crippen molar-refractivity contribution in [1.29, 1.82) is 0 Å². The Morgan fingerprint density at radius 1 is 1.16 bits per heavy atom. The van der Waals surface area contributed by atoms with Gasteiger partial charge in [-0.2, -0.15) is 0 Å². The lowest BCUT2D eigenvalue weighted by atomic mass is 10.1. The van der Waals surface area contributed by atoms with E-state index in [1.54, 1.807) is 4.57 Å². The molecule has 0 saturated carbocycles. The second kappa shape index (κ2) is 5.05. The van der Waals surface area contributed by atoms with E-state index in [0.29, 0.717) is 5.69 Å². The smallest absolute Gasteiger partial charge is 0.194 e. The second-order valence-electron chi connectivity index (χ2n) is 4.49. The average molecular weight is 270 g/mol. The molecule has 1 heterocycles. The summed E-state index contributed by atoms with van der Waals surface area (Å²) in [5.74, 6) is -4.26. The van der Waals surface area contributed by atoms with E-state index in [-0.39, 0.29) is 11.6 Å². The van der Waals surface area contributed by atoms with Gasteiger partial charge in [0.25, 0.3) is 0 Å². The maximum absolute atomic E-state index is 13.6. The van der Waals surface area contributed by atoms with Crippen LogP contribution >= 0.6 is 0 Å². The molecule has 0 aliphatic carbocycles. The van der Waals surface area contributed by atoms with Crippen LogP contribution in [0.5, 0.6) is 0 Å². The summed E-state index contributed by atoms with van der Waals surface area (Å²) < 4.78 is 41.3. The molecular weight excluding hydrogens is 257 g/mol. The van der Waals surface area contributed by atoms with Crippen LogP contribution in [0.3, 0.4) is 0 Å². The number of hydrogen-bond acceptors (Lipinski definition) is 2. The first-order chi connectivity index (χ1) is 8.93. The summed E-state index contributed by atoms with van der Waals surface area (Å²) in [6, 6.07) is 1.81. The Morgan fingerprint density at radius 2 is 1.84 bits per heavy atom. The molecule has 102 valence electrons. The Hall–Kier alpha value is -1.82. The number of benzene rings is 1. The fraction of sp³-hybridized carbons (Fsp3) is 0.308. The normalized spacial score (nSPS) is 13.0. The number of aliphatic hydroxyl groups excluding tert-OH is 1. The monoisotopic (exact) mass is 270 g/mol. The Balaban J connectivity index is 2.47. The van der Waals surface area contributed by atoms with Crippen LogP contribution in [0.15, 0.2) is 24.7 Å². The molecule has 0 amide bonds. The summed E-state index contributed by atoms with van der Waals surface area (Å²) >= 11 is 0. The van der Waals surface area contributed by atoms with Gasteiger partial charge >= 0.3 is 0 Å². The predicted octanol–water partition coefficient (Wildman–Crippen LogP) is 2.96. The van der Waals surface area contributed by atoms with Crippen molar-refractivity contribution in [2.45, 2.75) is 26.0 Å². The third-order valence-corrected chi connectivity index (χ3v) is 2.89. The highest BCUT2D eigenvalue weighted by Crippen LogP contribution is 2.27. The molecule has 0 bridgehead atoms. The number of halogens is 3. The van der Waals surface area contributed by atoms with Crippen LogP contribution in [0, 0.1) is 17.5 Å². The average Bonchev–Trinajstić information content (AvgIpc) is 2.84. The summed E-state index contributed by atoms with van der Waals surface area (Å²) in [7, 11) is 0. The third kappa shape index (κ3) is 2.35. The first-order valence-corrected chi connectivity index (χ1v) is 5.76. The largest absolute Gasteiger partial charge is 0.382 e. The van der Waals surface area contributed by atoms with E-state index in [1.165, 1.54) is 12.5 Å². The fourth-order valence-electron chi connectivity index (χ4n) is 1.87. The maximum Gasteiger partial charge on any atom is 0.194 e. The van der Waals surface area contributed by atoms with E-state index in [9.17, 15) is 18.3 Å². The Kier molecular flexibility index (Phi) is 3.61. The van der Waals surface area contributed by atoms with Gasteiger partial charge in [-0.25, -0.2) is 18.2 Å². The molecule has 1 unspecified atom stereocenters. The van der Waals surface area contributed by atoms with E-state index < -0.39 is 23.6 Å². The van der Waals surface area contributed by atoms with Gasteiger partial charge < -0.3 is 9.67 Å². The predicted molar refractivity (Wildman–Crippen MR) is 63.0 cm³/mol. The number of rotatable bonds is 3. The van der Waals surface area contributed by atoms with Crippen molar-refractivity contribution >= 4 is 0 Å².